The molecule has 2 aliphatic rings. The van der Waals surface area contributed by atoms with Gasteiger partial charge in [0.25, 0.3) is 0 Å². The summed E-state index contributed by atoms with van der Waals surface area (Å²) in [6.07, 6.45) is 8.50. The van der Waals surface area contributed by atoms with Crippen molar-refractivity contribution in [2.45, 2.75) is 84.8 Å². The van der Waals surface area contributed by atoms with Crippen LogP contribution in [0.25, 0.3) is 12.2 Å². The maximum Gasteiger partial charge on any atom is 0.327 e. The average molecular weight is 803 g/mol. The number of fused-ring (bicyclic) bond motifs is 2. The number of methoxy groups -OCH3 is 3. The van der Waals surface area contributed by atoms with Crippen LogP contribution in [0.1, 0.15) is 69.0 Å². The van der Waals surface area contributed by atoms with Gasteiger partial charge in [0.15, 0.2) is 11.5 Å². The third kappa shape index (κ3) is 10.2. The van der Waals surface area contributed by atoms with E-state index in [2.05, 4.69) is 25.5 Å². The van der Waals surface area contributed by atoms with Crippen molar-refractivity contribution in [3.63, 3.8) is 0 Å². The number of ether oxygens (including phenoxy) is 6. The topological polar surface area (TPSA) is 209 Å². The van der Waals surface area contributed by atoms with Gasteiger partial charge in [0.2, 0.25) is 0 Å². The van der Waals surface area contributed by atoms with E-state index in [9.17, 15) is 19.8 Å². The van der Waals surface area contributed by atoms with Crippen molar-refractivity contribution in [2.24, 2.45) is 16.4 Å². The standard InChI is InChI=1S/C42H54N6O10/c1-25(2)9-12-31-33(56-23-29(45-43)19-44-20-37(50)54-7)14-27(15-34(31)57-24-30-21-48(47-46-30)22-38(51)55-8)11-10-26-13-28-17-36-41(3,4)40(52)32(49)18-42(36,5)58-39(28)35(16-26)53-6/h9-11,13-16,19,21,32,36,40,43-44,49,52H,12,17-18,20,22-24H2,1-8H3/b11-10+,29-19-,45-43?/t32-,36-,40-,42-/m1/s1. The van der Waals surface area contributed by atoms with E-state index < -0.39 is 35.2 Å². The van der Waals surface area contributed by atoms with E-state index in [0.717, 1.165) is 27.8 Å². The number of aliphatic hydroxyl groups excluding tert-OH is 2. The first-order valence-electron chi connectivity index (χ1n) is 18.9. The Labute approximate surface area is 338 Å². The molecule has 4 N–H and O–H groups in total. The normalized spacial score (nSPS) is 20.9. The molecule has 16 heteroatoms. The number of esters is 2. The van der Waals surface area contributed by atoms with Crippen LogP contribution in [0.3, 0.4) is 0 Å². The van der Waals surface area contributed by atoms with Crippen molar-refractivity contribution in [1.29, 1.82) is 5.53 Å². The van der Waals surface area contributed by atoms with Crippen LogP contribution in [0.2, 0.25) is 0 Å². The van der Waals surface area contributed by atoms with Gasteiger partial charge in [-0.2, -0.15) is 5.11 Å². The summed E-state index contributed by atoms with van der Waals surface area (Å²) in [5.41, 5.74) is 11.4. The fourth-order valence-corrected chi connectivity index (χ4v) is 7.51. The van der Waals surface area contributed by atoms with Crippen LogP contribution >= 0.6 is 0 Å². The van der Waals surface area contributed by atoms with E-state index >= 15 is 0 Å². The van der Waals surface area contributed by atoms with Gasteiger partial charge in [-0.25, -0.2) is 10.2 Å². The van der Waals surface area contributed by atoms with Crippen LogP contribution in [0.4, 0.5) is 0 Å². The highest BCUT2D eigenvalue weighted by molar-refractivity contribution is 5.74. The van der Waals surface area contributed by atoms with Crippen LogP contribution in [-0.2, 0) is 45.1 Å². The fraction of sp³-hybridized carbons (Fsp3) is 0.476. The summed E-state index contributed by atoms with van der Waals surface area (Å²) < 4.78 is 36.0. The van der Waals surface area contributed by atoms with Gasteiger partial charge >= 0.3 is 11.9 Å². The van der Waals surface area contributed by atoms with Crippen molar-refractivity contribution in [1.82, 2.24) is 20.3 Å². The molecule has 1 aliphatic heterocycles. The van der Waals surface area contributed by atoms with E-state index in [1.807, 2.05) is 77.1 Å². The maximum atomic E-state index is 11.8. The number of carbonyl (C=O) groups is 2. The molecule has 0 bridgehead atoms. The molecule has 1 aliphatic carbocycles. The van der Waals surface area contributed by atoms with E-state index in [1.54, 1.807) is 13.3 Å². The number of aromatic nitrogens is 3. The molecule has 3 aromatic rings. The van der Waals surface area contributed by atoms with Gasteiger partial charge in [0.1, 0.15) is 54.8 Å². The highest BCUT2D eigenvalue weighted by Gasteiger charge is 2.58. The third-order valence-electron chi connectivity index (χ3n) is 10.6. The van der Waals surface area contributed by atoms with Crippen molar-refractivity contribution in [3.05, 3.63) is 82.0 Å². The Bertz CT molecular complexity index is 2070. The Hall–Kier alpha value is -5.74. The molecule has 0 amide bonds. The summed E-state index contributed by atoms with van der Waals surface area (Å²) in [5, 5.41) is 36.2. The number of nitrogens with one attached hydrogen (secondary N) is 2. The number of allylic oxidation sites excluding steroid dienone is 2. The maximum absolute atomic E-state index is 11.8. The molecule has 2 aromatic carbocycles. The molecule has 0 saturated heterocycles. The van der Waals surface area contributed by atoms with Gasteiger partial charge in [-0.05, 0) is 74.6 Å². The number of hydrogen-bond donors (Lipinski definition) is 4. The number of nitrogens with zero attached hydrogens (tertiary/aromatic N) is 4. The lowest BCUT2D eigenvalue weighted by atomic mass is 9.57. The Kier molecular flexibility index (Phi) is 14.0. The molecule has 1 fully saturated rings. The van der Waals surface area contributed by atoms with E-state index in [-0.39, 0.29) is 37.9 Å². The zero-order chi connectivity index (χ0) is 42.2. The van der Waals surface area contributed by atoms with Gasteiger partial charge in [-0.3, -0.25) is 9.59 Å². The largest absolute Gasteiger partial charge is 0.493 e. The first-order valence-corrected chi connectivity index (χ1v) is 18.9. The molecule has 0 spiro atoms. The number of benzene rings is 2. The van der Waals surface area contributed by atoms with Crippen molar-refractivity contribution in [2.75, 3.05) is 34.5 Å². The number of hydrogen-bond acceptors (Lipinski definition) is 15. The van der Waals surface area contributed by atoms with E-state index in [0.29, 0.717) is 48.0 Å². The van der Waals surface area contributed by atoms with E-state index in [1.165, 1.54) is 25.1 Å². The molecule has 312 valence electrons. The summed E-state index contributed by atoms with van der Waals surface area (Å²) in [6.45, 7) is 9.65. The predicted octanol–water partition coefficient (Wildman–Crippen LogP) is 5.19. The minimum absolute atomic E-state index is 0.0322. The third-order valence-corrected chi connectivity index (χ3v) is 10.6. The van der Waals surface area contributed by atoms with Crippen LogP contribution in [-0.4, -0.2) is 89.4 Å². The zero-order valence-corrected chi connectivity index (χ0v) is 34.3. The minimum Gasteiger partial charge on any atom is -0.493 e. The molecular formula is C42H54N6O10. The second kappa shape index (κ2) is 18.7. The summed E-state index contributed by atoms with van der Waals surface area (Å²) in [4.78, 5) is 23.4. The Morgan fingerprint density at radius 1 is 1.02 bits per heavy atom. The van der Waals surface area contributed by atoms with Gasteiger partial charge < -0.3 is 44.0 Å². The monoisotopic (exact) mass is 802 g/mol. The molecule has 4 atom stereocenters. The van der Waals surface area contributed by atoms with E-state index in [4.69, 9.17) is 29.2 Å². The summed E-state index contributed by atoms with van der Waals surface area (Å²) in [5.74, 6) is 1.15. The molecule has 0 unspecified atom stereocenters. The lowest BCUT2D eigenvalue weighted by Crippen LogP contribution is -2.63. The summed E-state index contributed by atoms with van der Waals surface area (Å²) >= 11 is 0. The highest BCUT2D eigenvalue weighted by Crippen LogP contribution is 2.55. The first-order chi connectivity index (χ1) is 27.6. The average Bonchev–Trinajstić information content (AvgIpc) is 3.64. The smallest absolute Gasteiger partial charge is 0.327 e. The predicted molar refractivity (Wildman–Crippen MR) is 213 cm³/mol. The quantitative estimate of drug-likeness (QED) is 0.0600. The summed E-state index contributed by atoms with van der Waals surface area (Å²) in [7, 11) is 4.18. The second-order valence-corrected chi connectivity index (χ2v) is 15.5. The van der Waals surface area contributed by atoms with Gasteiger partial charge in [0.05, 0.1) is 39.7 Å². The molecule has 1 aromatic heterocycles. The number of aliphatic hydroxyl groups is 2. The van der Waals surface area contributed by atoms with Gasteiger partial charge in [0, 0.05) is 29.5 Å². The fourth-order valence-electron chi connectivity index (χ4n) is 7.51. The molecule has 0 radical (unpaired) electrons. The highest BCUT2D eigenvalue weighted by atomic mass is 16.5. The number of carbonyl (C=O) groups excluding carboxylic acids is 2. The van der Waals surface area contributed by atoms with Crippen LogP contribution in [0, 0.1) is 16.9 Å². The SMILES string of the molecule is COC(=O)CN/C=C(/COc1cc(/C=C/c2cc3c(c(OC)c2)O[C@]2(C)C[C@@H](O)[C@@H](O)C(C)(C)[C@H]2C3)cc(OCc2cn(CC(=O)OC)nn2)c1CC=C(C)C)N=N. The number of rotatable bonds is 17. The molecular weight excluding hydrogens is 748 g/mol. The van der Waals surface area contributed by atoms with Crippen molar-refractivity contribution >= 4 is 24.1 Å². The molecule has 2 heterocycles. The zero-order valence-electron chi connectivity index (χ0n) is 34.3. The Morgan fingerprint density at radius 3 is 2.34 bits per heavy atom. The van der Waals surface area contributed by atoms with Gasteiger partial charge in [-0.15, -0.1) is 5.10 Å². The lowest BCUT2D eigenvalue weighted by Gasteiger charge is -2.56. The lowest BCUT2D eigenvalue weighted by molar-refractivity contribution is -0.187. The molecule has 1 saturated carbocycles. The molecule has 58 heavy (non-hydrogen) atoms. The molecule has 5 rings (SSSR count). The van der Waals surface area contributed by atoms with Crippen LogP contribution in [0.5, 0.6) is 23.0 Å². The second-order valence-electron chi connectivity index (χ2n) is 15.5. The summed E-state index contributed by atoms with van der Waals surface area (Å²) in [6, 6.07) is 7.70. The van der Waals surface area contributed by atoms with Gasteiger partial charge in [-0.1, -0.05) is 42.9 Å². The van der Waals surface area contributed by atoms with Crippen LogP contribution in [0.15, 0.2) is 59.1 Å². The minimum atomic E-state index is -0.907. The van der Waals surface area contributed by atoms with Crippen molar-refractivity contribution < 1.29 is 48.2 Å². The molecule has 16 nitrogen and oxygen atoms in total. The Balaban J connectivity index is 1.51. The Morgan fingerprint density at radius 2 is 1.69 bits per heavy atom. The first kappa shape index (κ1) is 43.4. The van der Waals surface area contributed by atoms with Crippen LogP contribution < -0.4 is 24.3 Å². The van der Waals surface area contributed by atoms with Crippen molar-refractivity contribution in [3.8, 4) is 23.0 Å².